The highest BCUT2D eigenvalue weighted by Crippen LogP contribution is 2.29. The molecule has 1 aliphatic heterocycles. The molecular weight excluding hydrogens is 432 g/mol. The Morgan fingerprint density at radius 3 is 2.71 bits per heavy atom. The van der Waals surface area contributed by atoms with Crippen LogP contribution < -0.4 is 10.2 Å². The molecule has 1 aliphatic rings. The summed E-state index contributed by atoms with van der Waals surface area (Å²) in [6, 6.07) is 8.78. The molecule has 0 spiro atoms. The van der Waals surface area contributed by atoms with Crippen LogP contribution in [-0.2, 0) is 9.59 Å². The van der Waals surface area contributed by atoms with E-state index in [4.69, 9.17) is 0 Å². The van der Waals surface area contributed by atoms with Crippen molar-refractivity contribution in [2.24, 2.45) is 5.92 Å². The number of carbonyl (C=O) groups is 2. The van der Waals surface area contributed by atoms with Crippen molar-refractivity contribution < 1.29 is 18.4 Å². The second-order valence-electron chi connectivity index (χ2n) is 6.58. The molecule has 2 unspecified atom stereocenters. The highest BCUT2D eigenvalue weighted by atomic mass is 79.9. The van der Waals surface area contributed by atoms with Crippen molar-refractivity contribution >= 4 is 33.4 Å². The summed E-state index contributed by atoms with van der Waals surface area (Å²) in [5, 5.41) is 11.7. The third-order valence-corrected chi connectivity index (χ3v) is 5.53. The van der Waals surface area contributed by atoms with Gasteiger partial charge in [0.25, 0.3) is 0 Å². The summed E-state index contributed by atoms with van der Waals surface area (Å²) < 4.78 is 27.9. The van der Waals surface area contributed by atoms with Crippen molar-refractivity contribution in [3.05, 3.63) is 63.6 Å². The molecule has 1 fully saturated rings. The number of hydrogen-bond donors (Lipinski definition) is 1. The standard InChI is InChI=1S/C20H16BrF2N3O2/c1-11-6-14(3-5-16(11)21)26-10-12(7-19(26)27)20(28)25-18(9-24)15-4-2-13(22)8-17(15)23/h2-6,8,12,18H,7,10H2,1H3,(H,25,28). The van der Waals surface area contributed by atoms with E-state index in [1.54, 1.807) is 12.1 Å². The van der Waals surface area contributed by atoms with Crippen LogP contribution in [0.3, 0.4) is 0 Å². The number of carbonyl (C=O) groups excluding carboxylic acids is 2. The number of benzene rings is 2. The molecule has 3 rings (SSSR count). The molecule has 2 amide bonds. The summed E-state index contributed by atoms with van der Waals surface area (Å²) in [7, 11) is 0. The van der Waals surface area contributed by atoms with Crippen LogP contribution in [0.4, 0.5) is 14.5 Å². The van der Waals surface area contributed by atoms with Crippen LogP contribution in [0.2, 0.25) is 0 Å². The molecule has 1 N–H and O–H groups in total. The Kier molecular flexibility index (Phi) is 5.75. The number of nitrogens with one attached hydrogen (secondary N) is 1. The summed E-state index contributed by atoms with van der Waals surface area (Å²) >= 11 is 3.40. The van der Waals surface area contributed by atoms with Crippen LogP contribution in [0, 0.1) is 35.8 Å². The zero-order valence-corrected chi connectivity index (χ0v) is 16.5. The minimum absolute atomic E-state index is 0.00894. The molecule has 1 saturated heterocycles. The van der Waals surface area contributed by atoms with E-state index < -0.39 is 29.5 Å². The Hall–Kier alpha value is -2.79. The first-order valence-electron chi connectivity index (χ1n) is 8.51. The molecule has 0 saturated carbocycles. The molecule has 0 radical (unpaired) electrons. The topological polar surface area (TPSA) is 73.2 Å². The summed E-state index contributed by atoms with van der Waals surface area (Å²) in [6.07, 6.45) is -0.00894. The number of aryl methyl sites for hydroxylation is 1. The molecule has 8 heteroatoms. The van der Waals surface area contributed by atoms with E-state index in [-0.39, 0.29) is 24.4 Å². The van der Waals surface area contributed by atoms with Gasteiger partial charge in [0.15, 0.2) is 0 Å². The third kappa shape index (κ3) is 4.04. The fourth-order valence-corrected chi connectivity index (χ4v) is 3.35. The average Bonchev–Trinajstić information content (AvgIpc) is 3.04. The Labute approximate surface area is 169 Å². The molecule has 144 valence electrons. The van der Waals surface area contributed by atoms with Gasteiger partial charge in [-0.15, -0.1) is 0 Å². The van der Waals surface area contributed by atoms with Crippen LogP contribution >= 0.6 is 15.9 Å². The van der Waals surface area contributed by atoms with Crippen LogP contribution in [-0.4, -0.2) is 18.4 Å². The lowest BCUT2D eigenvalue weighted by atomic mass is 10.0. The van der Waals surface area contributed by atoms with Crippen LogP contribution in [0.15, 0.2) is 40.9 Å². The van der Waals surface area contributed by atoms with Gasteiger partial charge in [0, 0.05) is 34.8 Å². The summed E-state index contributed by atoms with van der Waals surface area (Å²) in [4.78, 5) is 26.5. The van der Waals surface area contributed by atoms with Gasteiger partial charge in [0.2, 0.25) is 11.8 Å². The van der Waals surface area contributed by atoms with Crippen molar-refractivity contribution in [2.75, 3.05) is 11.4 Å². The van der Waals surface area contributed by atoms with Gasteiger partial charge >= 0.3 is 0 Å². The number of rotatable bonds is 4. The van der Waals surface area contributed by atoms with E-state index in [1.165, 1.54) is 4.90 Å². The number of nitrogens with zero attached hydrogens (tertiary/aromatic N) is 2. The quantitative estimate of drug-likeness (QED) is 0.774. The summed E-state index contributed by atoms with van der Waals surface area (Å²) in [6.45, 7) is 2.06. The number of nitriles is 1. The second kappa shape index (κ2) is 8.07. The first-order valence-corrected chi connectivity index (χ1v) is 9.31. The Bertz CT molecular complexity index is 990. The average molecular weight is 448 g/mol. The van der Waals surface area contributed by atoms with Gasteiger partial charge in [-0.1, -0.05) is 22.0 Å². The van der Waals surface area contributed by atoms with E-state index in [0.717, 1.165) is 22.2 Å². The van der Waals surface area contributed by atoms with E-state index in [0.29, 0.717) is 11.8 Å². The van der Waals surface area contributed by atoms with Gasteiger partial charge in [-0.3, -0.25) is 9.59 Å². The maximum atomic E-state index is 13.9. The molecule has 0 aromatic heterocycles. The monoisotopic (exact) mass is 447 g/mol. The molecule has 2 aromatic carbocycles. The predicted molar refractivity (Wildman–Crippen MR) is 102 cm³/mol. The molecular formula is C20H16BrF2N3O2. The van der Waals surface area contributed by atoms with Gasteiger partial charge in [0.1, 0.15) is 17.7 Å². The Morgan fingerprint density at radius 2 is 2.07 bits per heavy atom. The van der Waals surface area contributed by atoms with Crippen molar-refractivity contribution in [1.29, 1.82) is 5.26 Å². The fraction of sp³-hybridized carbons (Fsp3) is 0.250. The number of halogens is 3. The molecule has 0 bridgehead atoms. The second-order valence-corrected chi connectivity index (χ2v) is 7.43. The first-order chi connectivity index (χ1) is 13.3. The van der Waals surface area contributed by atoms with E-state index in [9.17, 15) is 23.6 Å². The van der Waals surface area contributed by atoms with E-state index in [2.05, 4.69) is 21.2 Å². The van der Waals surface area contributed by atoms with Gasteiger partial charge in [-0.05, 0) is 36.8 Å². The highest BCUT2D eigenvalue weighted by molar-refractivity contribution is 9.10. The maximum Gasteiger partial charge on any atom is 0.227 e. The molecule has 2 atom stereocenters. The lowest BCUT2D eigenvalue weighted by Crippen LogP contribution is -2.35. The zero-order chi connectivity index (χ0) is 20.4. The summed E-state index contributed by atoms with van der Waals surface area (Å²) in [5.41, 5.74) is 1.51. The molecule has 5 nitrogen and oxygen atoms in total. The van der Waals surface area contributed by atoms with Gasteiger partial charge in [-0.25, -0.2) is 8.78 Å². The smallest absolute Gasteiger partial charge is 0.227 e. The molecule has 1 heterocycles. The fourth-order valence-electron chi connectivity index (χ4n) is 3.10. The zero-order valence-electron chi connectivity index (χ0n) is 14.9. The van der Waals surface area contributed by atoms with Gasteiger partial charge in [-0.2, -0.15) is 5.26 Å². The lowest BCUT2D eigenvalue weighted by Gasteiger charge is -2.19. The first kappa shape index (κ1) is 20.0. The van der Waals surface area contributed by atoms with Crippen LogP contribution in [0.5, 0.6) is 0 Å². The van der Waals surface area contributed by atoms with Gasteiger partial charge < -0.3 is 10.2 Å². The largest absolute Gasteiger partial charge is 0.336 e. The Morgan fingerprint density at radius 1 is 1.32 bits per heavy atom. The minimum Gasteiger partial charge on any atom is -0.336 e. The van der Waals surface area contributed by atoms with Crippen LogP contribution in [0.25, 0.3) is 0 Å². The number of anilines is 1. The molecule has 28 heavy (non-hydrogen) atoms. The normalized spacial score (nSPS) is 17.3. The lowest BCUT2D eigenvalue weighted by molar-refractivity contribution is -0.126. The minimum atomic E-state index is -1.27. The van der Waals surface area contributed by atoms with Crippen molar-refractivity contribution in [3.63, 3.8) is 0 Å². The Balaban J connectivity index is 1.73. The van der Waals surface area contributed by atoms with E-state index in [1.807, 2.05) is 19.1 Å². The van der Waals surface area contributed by atoms with Gasteiger partial charge in [0.05, 0.1) is 12.0 Å². The third-order valence-electron chi connectivity index (χ3n) is 4.64. The maximum absolute atomic E-state index is 13.9. The predicted octanol–water partition coefficient (Wildman–Crippen LogP) is 3.77. The van der Waals surface area contributed by atoms with Crippen molar-refractivity contribution in [1.82, 2.24) is 5.32 Å². The molecule has 2 aromatic rings. The SMILES string of the molecule is Cc1cc(N2CC(C(=O)NC(C#N)c3ccc(F)cc3F)CC2=O)ccc1Br. The van der Waals surface area contributed by atoms with Crippen molar-refractivity contribution in [3.8, 4) is 6.07 Å². The summed E-state index contributed by atoms with van der Waals surface area (Å²) in [5.74, 6) is -3.09. The van der Waals surface area contributed by atoms with Crippen LogP contribution in [0.1, 0.15) is 23.6 Å². The number of hydrogen-bond acceptors (Lipinski definition) is 3. The van der Waals surface area contributed by atoms with Crippen molar-refractivity contribution in [2.45, 2.75) is 19.4 Å². The molecule has 0 aliphatic carbocycles. The highest BCUT2D eigenvalue weighted by Gasteiger charge is 2.36. The number of amides is 2. The van der Waals surface area contributed by atoms with E-state index >= 15 is 0 Å².